The Bertz CT molecular complexity index is 1900. The Morgan fingerprint density at radius 1 is 0.289 bits per heavy atom. The standard InChI is InChI=1S/C78H152O17P2/c1-9-71(8)57-49-41-32-25-21-16-14-12-10-11-13-15-17-22-26-34-44-52-60-77(82)94-73(64-88-75(80)58-50-42-33-29-28-31-39-47-55-69(4)5)66-92-96(84,85)90-62-72(79)63-91-97(86,87)93-67-74(65-89-76(81)59-51-43-37-36-40-48-56-70(6)7)95-78(83)61-53-45-35-27-23-19-18-20-24-30-38-46-54-68(2)3/h68-74,79H,9-67H2,1-8H3,(H,84,85)(H,86,87)/t71?,72-,73-,74-/m1/s1. The quantitative estimate of drug-likeness (QED) is 0.0222. The average molecular weight is 1420 g/mol. The van der Waals surface area contributed by atoms with E-state index in [2.05, 4.69) is 55.4 Å². The molecule has 0 bridgehead atoms. The summed E-state index contributed by atoms with van der Waals surface area (Å²) in [6.45, 7) is 14.2. The normalized spacial score (nSPS) is 14.4. The van der Waals surface area contributed by atoms with E-state index >= 15 is 0 Å². The van der Waals surface area contributed by atoms with Gasteiger partial charge in [0.25, 0.3) is 0 Å². The van der Waals surface area contributed by atoms with Crippen molar-refractivity contribution in [3.8, 4) is 0 Å². The highest BCUT2D eigenvalue weighted by Crippen LogP contribution is 2.45. The van der Waals surface area contributed by atoms with Crippen LogP contribution in [0.4, 0.5) is 0 Å². The van der Waals surface area contributed by atoms with Gasteiger partial charge in [-0.2, -0.15) is 0 Å². The molecule has 576 valence electrons. The van der Waals surface area contributed by atoms with Crippen LogP contribution in [0.25, 0.3) is 0 Å². The van der Waals surface area contributed by atoms with Crippen LogP contribution in [0.1, 0.15) is 396 Å². The van der Waals surface area contributed by atoms with Crippen molar-refractivity contribution in [1.29, 1.82) is 0 Å². The van der Waals surface area contributed by atoms with Crippen LogP contribution < -0.4 is 0 Å². The molecule has 0 aliphatic heterocycles. The lowest BCUT2D eigenvalue weighted by Crippen LogP contribution is -2.30. The maximum Gasteiger partial charge on any atom is 0.472 e. The molecule has 0 amide bonds. The van der Waals surface area contributed by atoms with Gasteiger partial charge in [-0.05, 0) is 49.4 Å². The Hall–Kier alpha value is -1.94. The van der Waals surface area contributed by atoms with Crippen LogP contribution in [0.2, 0.25) is 0 Å². The Labute approximate surface area is 594 Å². The Morgan fingerprint density at radius 2 is 0.495 bits per heavy atom. The van der Waals surface area contributed by atoms with Crippen LogP contribution in [-0.2, 0) is 65.4 Å². The van der Waals surface area contributed by atoms with Crippen LogP contribution in [0, 0.1) is 23.7 Å². The topological polar surface area (TPSA) is 237 Å². The number of carbonyl (C=O) groups excluding carboxylic acids is 4. The summed E-state index contributed by atoms with van der Waals surface area (Å²) in [5, 5.41) is 10.6. The summed E-state index contributed by atoms with van der Waals surface area (Å²) in [4.78, 5) is 72.8. The van der Waals surface area contributed by atoms with Crippen LogP contribution >= 0.6 is 15.6 Å². The highest BCUT2D eigenvalue weighted by Gasteiger charge is 2.30. The molecule has 0 heterocycles. The minimum Gasteiger partial charge on any atom is -0.462 e. The van der Waals surface area contributed by atoms with Gasteiger partial charge in [0.1, 0.15) is 19.3 Å². The van der Waals surface area contributed by atoms with Crippen molar-refractivity contribution in [2.75, 3.05) is 39.6 Å². The maximum atomic E-state index is 13.1. The number of hydrogen-bond acceptors (Lipinski definition) is 15. The van der Waals surface area contributed by atoms with Gasteiger partial charge in [0.15, 0.2) is 12.2 Å². The highest BCUT2D eigenvalue weighted by molar-refractivity contribution is 7.47. The molecule has 3 unspecified atom stereocenters. The molecule has 0 spiro atoms. The van der Waals surface area contributed by atoms with E-state index in [1.54, 1.807) is 0 Å². The van der Waals surface area contributed by atoms with Crippen molar-refractivity contribution in [3.05, 3.63) is 0 Å². The number of aliphatic hydroxyl groups excluding tert-OH is 1. The summed E-state index contributed by atoms with van der Waals surface area (Å²) >= 11 is 0. The molecular formula is C78H152O17P2. The Kier molecular flexibility index (Phi) is 65.9. The van der Waals surface area contributed by atoms with Gasteiger partial charge in [0.05, 0.1) is 26.4 Å². The van der Waals surface area contributed by atoms with Crippen molar-refractivity contribution in [3.63, 3.8) is 0 Å². The van der Waals surface area contributed by atoms with E-state index in [9.17, 15) is 43.2 Å². The van der Waals surface area contributed by atoms with Gasteiger partial charge in [-0.3, -0.25) is 37.3 Å². The smallest absolute Gasteiger partial charge is 0.462 e. The van der Waals surface area contributed by atoms with Crippen LogP contribution in [0.3, 0.4) is 0 Å². The Balaban J connectivity index is 5.17. The molecule has 19 heteroatoms. The zero-order chi connectivity index (χ0) is 71.7. The van der Waals surface area contributed by atoms with E-state index in [1.165, 1.54) is 193 Å². The fraction of sp³-hybridized carbons (Fsp3) is 0.949. The van der Waals surface area contributed by atoms with Gasteiger partial charge in [0.2, 0.25) is 0 Å². The number of phosphoric ester groups is 2. The summed E-state index contributed by atoms with van der Waals surface area (Å²) in [6.07, 6.45) is 53.0. The summed E-state index contributed by atoms with van der Waals surface area (Å²) in [5.41, 5.74) is 0. The molecule has 0 saturated carbocycles. The third-order valence-corrected chi connectivity index (χ3v) is 20.3. The van der Waals surface area contributed by atoms with Gasteiger partial charge in [-0.25, -0.2) is 9.13 Å². The molecule has 0 aliphatic rings. The molecular weight excluding hydrogens is 1270 g/mol. The molecule has 0 aromatic rings. The molecule has 0 saturated heterocycles. The number of aliphatic hydroxyl groups is 1. The van der Waals surface area contributed by atoms with Crippen molar-refractivity contribution >= 4 is 39.5 Å². The van der Waals surface area contributed by atoms with E-state index < -0.39 is 97.5 Å². The molecule has 0 aliphatic carbocycles. The second kappa shape index (κ2) is 67.2. The predicted octanol–water partition coefficient (Wildman–Crippen LogP) is 22.8. The first-order valence-electron chi connectivity index (χ1n) is 40.2. The largest absolute Gasteiger partial charge is 0.472 e. The first-order chi connectivity index (χ1) is 46.6. The minimum absolute atomic E-state index is 0.105. The third kappa shape index (κ3) is 70.9. The first kappa shape index (κ1) is 95.1. The van der Waals surface area contributed by atoms with Crippen molar-refractivity contribution in [2.24, 2.45) is 23.7 Å². The van der Waals surface area contributed by atoms with Gasteiger partial charge in [-0.15, -0.1) is 0 Å². The molecule has 3 N–H and O–H groups in total. The summed E-state index contributed by atoms with van der Waals surface area (Å²) in [6, 6.07) is 0. The van der Waals surface area contributed by atoms with E-state index in [-0.39, 0.29) is 25.7 Å². The maximum absolute atomic E-state index is 13.1. The monoisotopic (exact) mass is 1420 g/mol. The number of esters is 4. The van der Waals surface area contributed by atoms with E-state index in [1.807, 2.05) is 0 Å². The van der Waals surface area contributed by atoms with Crippen LogP contribution in [-0.4, -0.2) is 96.7 Å². The number of hydrogen-bond donors (Lipinski definition) is 3. The third-order valence-electron chi connectivity index (χ3n) is 18.4. The fourth-order valence-corrected chi connectivity index (χ4v) is 13.5. The van der Waals surface area contributed by atoms with Crippen LogP contribution in [0.5, 0.6) is 0 Å². The molecule has 0 rings (SSSR count). The van der Waals surface area contributed by atoms with Gasteiger partial charge in [0, 0.05) is 25.7 Å². The number of rotatable bonds is 75. The number of ether oxygens (including phenoxy) is 4. The van der Waals surface area contributed by atoms with Gasteiger partial charge >= 0.3 is 39.5 Å². The predicted molar refractivity (Wildman–Crippen MR) is 395 cm³/mol. The lowest BCUT2D eigenvalue weighted by Gasteiger charge is -2.21. The molecule has 17 nitrogen and oxygen atoms in total. The van der Waals surface area contributed by atoms with Crippen molar-refractivity contribution in [2.45, 2.75) is 414 Å². The van der Waals surface area contributed by atoms with E-state index in [0.29, 0.717) is 31.6 Å². The van der Waals surface area contributed by atoms with Crippen molar-refractivity contribution in [1.82, 2.24) is 0 Å². The molecule has 6 atom stereocenters. The van der Waals surface area contributed by atoms with E-state index in [4.69, 9.17) is 37.0 Å². The molecule has 0 aromatic carbocycles. The summed E-state index contributed by atoms with van der Waals surface area (Å²) in [5.74, 6) is 0.931. The lowest BCUT2D eigenvalue weighted by molar-refractivity contribution is -0.161. The van der Waals surface area contributed by atoms with Gasteiger partial charge in [-0.1, -0.05) is 344 Å². The zero-order valence-electron chi connectivity index (χ0n) is 63.7. The molecule has 0 radical (unpaired) electrons. The lowest BCUT2D eigenvalue weighted by atomic mass is 9.99. The Morgan fingerprint density at radius 3 is 0.732 bits per heavy atom. The first-order valence-corrected chi connectivity index (χ1v) is 43.2. The molecule has 97 heavy (non-hydrogen) atoms. The van der Waals surface area contributed by atoms with E-state index in [0.717, 1.165) is 114 Å². The second-order valence-electron chi connectivity index (χ2n) is 29.8. The molecule has 0 aromatic heterocycles. The molecule has 0 fully saturated rings. The zero-order valence-corrected chi connectivity index (χ0v) is 65.5. The fourth-order valence-electron chi connectivity index (χ4n) is 11.9. The van der Waals surface area contributed by atoms with Crippen molar-refractivity contribution < 1.29 is 80.2 Å². The van der Waals surface area contributed by atoms with Gasteiger partial charge < -0.3 is 33.8 Å². The number of unbranched alkanes of at least 4 members (excludes halogenated alkanes) is 40. The SMILES string of the molecule is CCC(C)CCCCCCCCCCCCCCCCCCCCC(=O)O[C@H](COC(=O)CCCCCCCCCCC(C)C)COP(=O)(O)OC[C@@H](O)COP(=O)(O)OC[C@@H](COC(=O)CCCCCCCCC(C)C)OC(=O)CCCCCCCCCCCCCCC(C)C. The summed E-state index contributed by atoms with van der Waals surface area (Å²) < 4.78 is 68.5. The highest BCUT2D eigenvalue weighted by atomic mass is 31.2. The number of phosphoric acid groups is 2. The minimum atomic E-state index is -4.96. The van der Waals surface area contributed by atoms with Crippen LogP contribution in [0.15, 0.2) is 0 Å². The number of carbonyl (C=O) groups is 4. The second-order valence-corrected chi connectivity index (χ2v) is 32.7. The summed E-state index contributed by atoms with van der Waals surface area (Å²) in [7, 11) is -9.91. The average Bonchev–Trinajstić information content (AvgIpc) is 0.964.